The number of aldehydes is 1. The van der Waals surface area contributed by atoms with Crippen molar-refractivity contribution >= 4 is 28.9 Å². The van der Waals surface area contributed by atoms with Crippen LogP contribution < -0.4 is 0 Å². The number of carbonyl (C=O) groups excluding carboxylic acids is 2. The molecule has 0 radical (unpaired) electrons. The number of hydrogen-bond donors (Lipinski definition) is 2. The van der Waals surface area contributed by atoms with Gasteiger partial charge >= 0.3 is 5.97 Å². The summed E-state index contributed by atoms with van der Waals surface area (Å²) in [7, 11) is -3.60. The van der Waals surface area contributed by atoms with Crippen molar-refractivity contribution in [1.29, 1.82) is 0 Å². The molecule has 67 heavy (non-hydrogen) atoms. The van der Waals surface area contributed by atoms with Gasteiger partial charge in [-0.3, -0.25) is 0 Å². The first-order valence-electron chi connectivity index (χ1n) is 26.8. The molecule has 6 saturated carbocycles. The van der Waals surface area contributed by atoms with Gasteiger partial charge in [0.25, 0.3) is 0 Å². The van der Waals surface area contributed by atoms with Gasteiger partial charge in [0.1, 0.15) is 6.29 Å². The zero-order valence-corrected chi connectivity index (χ0v) is 47.2. The van der Waals surface area contributed by atoms with Gasteiger partial charge in [-0.05, 0) is 212 Å². The van der Waals surface area contributed by atoms with Crippen LogP contribution in [0.5, 0.6) is 0 Å². The molecular weight excluding hydrogens is 865 g/mol. The van der Waals surface area contributed by atoms with Crippen LogP contribution in [0.3, 0.4) is 0 Å². The lowest BCUT2D eigenvalue weighted by molar-refractivity contribution is -0.137. The predicted octanol–water partition coefficient (Wildman–Crippen LogP) is 15.7. The summed E-state index contributed by atoms with van der Waals surface area (Å²) in [5, 5.41) is 21.0. The molecule has 12 atom stereocenters. The number of aliphatic hydroxyl groups is 2. The Kier molecular flexibility index (Phi) is 19.6. The highest BCUT2D eigenvalue weighted by Gasteiger charge is 2.68. The highest BCUT2D eigenvalue weighted by molar-refractivity contribution is 6.74. The minimum Gasteiger partial charge on any atom is -0.463 e. The molecule has 0 aromatic heterocycles. The lowest BCUT2D eigenvalue weighted by Crippen LogP contribution is -2.50. The number of carbonyl (C=O) groups is 2. The van der Waals surface area contributed by atoms with Gasteiger partial charge in [0.15, 0.2) is 16.6 Å². The number of hydrogen-bond acceptors (Lipinski definition) is 7. The molecule has 392 valence electrons. The molecule has 9 heteroatoms. The number of fused-ring (bicyclic) bond motifs is 2. The van der Waals surface area contributed by atoms with E-state index < -0.39 is 27.8 Å². The van der Waals surface area contributed by atoms with Crippen LogP contribution in [-0.2, 0) is 23.2 Å². The van der Waals surface area contributed by atoms with Gasteiger partial charge in [-0.1, -0.05) is 102 Å². The van der Waals surface area contributed by atoms with E-state index >= 15 is 0 Å². The third-order valence-corrected chi connectivity index (χ3v) is 29.2. The summed E-state index contributed by atoms with van der Waals surface area (Å²) in [6.07, 6.45) is 26.6. The lowest BCUT2D eigenvalue weighted by Gasteiger charge is -2.50. The molecule has 0 bridgehead atoms. The Balaban J connectivity index is 0.000000349. The first-order chi connectivity index (χ1) is 29.7. The minimum atomic E-state index is -1.82. The topological polar surface area (TPSA) is 102 Å². The molecule has 6 fully saturated rings. The fraction of sp³-hybridized carbons (Fsp3) is 0.931. The maximum Gasteiger partial charge on any atom is 0.330 e. The van der Waals surface area contributed by atoms with Crippen LogP contribution in [0.4, 0.5) is 0 Å². The molecule has 2 N–H and O–H groups in total. The number of rotatable bonds is 18. The Morgan fingerprint density at radius 2 is 1.03 bits per heavy atom. The van der Waals surface area contributed by atoms with E-state index in [9.17, 15) is 19.8 Å². The van der Waals surface area contributed by atoms with E-state index in [1.165, 1.54) is 70.5 Å². The summed E-state index contributed by atoms with van der Waals surface area (Å²) in [6, 6.07) is 0. The first-order valence-corrected chi connectivity index (χ1v) is 32.6. The van der Waals surface area contributed by atoms with Crippen LogP contribution in [0, 0.1) is 57.2 Å². The van der Waals surface area contributed by atoms with Crippen molar-refractivity contribution in [2.45, 2.75) is 280 Å². The van der Waals surface area contributed by atoms with E-state index in [4.69, 9.17) is 13.6 Å². The molecule has 0 heterocycles. The van der Waals surface area contributed by atoms with Crippen LogP contribution in [0.25, 0.3) is 0 Å². The molecular formula is C58H110O7Si2. The summed E-state index contributed by atoms with van der Waals surface area (Å²) in [6.45, 7) is 38.7. The maximum atomic E-state index is 12.0. The molecule has 8 unspecified atom stereocenters. The standard InChI is InChI=1S/C30H54O4Si.C26H48O3Si.2CH4/c1-10-33-26(31)17-14-22-21-30(22,20-12-18-28(5,6)32)25-16-15-23-24(13-11-19-29(23,25)7)34-35(8,9)27(2,3)4;1-23(2,3)30(7,8)29-21-11-9-15-25(6)20(21)12-13-22(25)26(17-19(26)18-27)16-10-14-24(4,5)28;;/h14,17,22-25,32H,10-13,15-16,18-21H2,1-9H3;18-22,28H,9-17H2,1-8H3;2*1H4/t22?,23?,24-,25?,29-,30?;19?,20?,21-,22?,25-,26?;;/m00../s1. The Labute approximate surface area is 416 Å². The highest BCUT2D eigenvalue weighted by atomic mass is 28.4. The van der Waals surface area contributed by atoms with E-state index in [2.05, 4.69) is 87.7 Å². The molecule has 0 aromatic carbocycles. The number of ether oxygens (including phenoxy) is 1. The fourth-order valence-corrected chi connectivity index (χ4v) is 17.3. The smallest absolute Gasteiger partial charge is 0.330 e. The van der Waals surface area contributed by atoms with Crippen molar-refractivity contribution in [3.05, 3.63) is 12.2 Å². The van der Waals surface area contributed by atoms with Gasteiger partial charge in [0, 0.05) is 24.2 Å². The fourth-order valence-electron chi connectivity index (χ4n) is 14.5. The van der Waals surface area contributed by atoms with Crippen molar-refractivity contribution in [2.24, 2.45) is 57.2 Å². The molecule has 0 spiro atoms. The van der Waals surface area contributed by atoms with Crippen LogP contribution >= 0.6 is 0 Å². The second kappa shape index (κ2) is 21.7. The predicted molar refractivity (Wildman–Crippen MR) is 287 cm³/mol. The lowest BCUT2D eigenvalue weighted by atomic mass is 9.59. The molecule has 6 aliphatic carbocycles. The maximum absolute atomic E-state index is 12.0. The number of allylic oxidation sites excluding steroid dienone is 1. The molecule has 6 aliphatic rings. The Hall–Kier alpha value is -0.846. The average Bonchev–Trinajstić information content (AvgIpc) is 3.95. The molecule has 6 rings (SSSR count). The Morgan fingerprint density at radius 1 is 0.642 bits per heavy atom. The van der Waals surface area contributed by atoms with Gasteiger partial charge < -0.3 is 28.6 Å². The van der Waals surface area contributed by atoms with Crippen molar-refractivity contribution < 1.29 is 33.4 Å². The van der Waals surface area contributed by atoms with Crippen LogP contribution in [0.2, 0.25) is 36.3 Å². The van der Waals surface area contributed by atoms with E-state index in [1.807, 2.05) is 34.6 Å². The second-order valence-electron chi connectivity index (χ2n) is 27.8. The van der Waals surface area contributed by atoms with Crippen molar-refractivity contribution in [2.75, 3.05) is 6.61 Å². The van der Waals surface area contributed by atoms with Gasteiger partial charge in [-0.25, -0.2) is 4.79 Å². The first kappa shape index (κ1) is 60.5. The quantitative estimate of drug-likeness (QED) is 0.0610. The van der Waals surface area contributed by atoms with Gasteiger partial charge in [0.2, 0.25) is 0 Å². The van der Waals surface area contributed by atoms with E-state index in [-0.39, 0.29) is 47.6 Å². The van der Waals surface area contributed by atoms with Crippen LogP contribution in [0.15, 0.2) is 12.2 Å². The van der Waals surface area contributed by atoms with Gasteiger partial charge in [0.05, 0.1) is 17.8 Å². The third-order valence-electron chi connectivity index (χ3n) is 20.2. The van der Waals surface area contributed by atoms with E-state index in [1.54, 1.807) is 6.08 Å². The Bertz CT molecular complexity index is 1650. The van der Waals surface area contributed by atoms with Crippen LogP contribution in [-0.4, -0.2) is 69.1 Å². The zero-order valence-electron chi connectivity index (χ0n) is 45.2. The summed E-state index contributed by atoms with van der Waals surface area (Å²) >= 11 is 0. The molecule has 0 aliphatic heterocycles. The summed E-state index contributed by atoms with van der Waals surface area (Å²) in [5.74, 6) is 3.03. The molecule has 7 nitrogen and oxygen atoms in total. The molecule has 0 aromatic rings. The molecule has 0 amide bonds. The Morgan fingerprint density at radius 3 is 1.37 bits per heavy atom. The third kappa shape index (κ3) is 13.4. The average molecular weight is 976 g/mol. The van der Waals surface area contributed by atoms with Crippen molar-refractivity contribution in [1.82, 2.24) is 0 Å². The normalized spacial score (nSPS) is 36.5. The van der Waals surface area contributed by atoms with Crippen molar-refractivity contribution in [3.63, 3.8) is 0 Å². The monoisotopic (exact) mass is 975 g/mol. The summed E-state index contributed by atoms with van der Waals surface area (Å²) in [5.41, 5.74) is -0.195. The largest absolute Gasteiger partial charge is 0.463 e. The van der Waals surface area contributed by atoms with Crippen LogP contribution in [0.1, 0.15) is 220 Å². The number of esters is 1. The summed E-state index contributed by atoms with van der Waals surface area (Å²) < 4.78 is 19.3. The van der Waals surface area contributed by atoms with E-state index in [0.717, 1.165) is 51.4 Å². The minimum absolute atomic E-state index is 0. The van der Waals surface area contributed by atoms with E-state index in [0.29, 0.717) is 59.2 Å². The summed E-state index contributed by atoms with van der Waals surface area (Å²) in [4.78, 5) is 23.9. The van der Waals surface area contributed by atoms with Crippen molar-refractivity contribution in [3.8, 4) is 0 Å². The SMILES string of the molecule is C.C.CC(C)(O)CCCC1(C2CCC3[C@@H](O[Si](C)(C)C(C)(C)C)CCC[C@@]32C)CC1C=O.CCOC(=O)C=CC1CC1(CCCC(C)(C)O)C1CCC2[C@@H](O[Si](C)(C)C(C)(C)C)CCC[C@@]21C. The highest BCUT2D eigenvalue weighted by Crippen LogP contribution is 2.74. The second-order valence-corrected chi connectivity index (χ2v) is 37.3. The molecule has 0 saturated heterocycles. The van der Waals surface area contributed by atoms with Gasteiger partial charge in [-0.15, -0.1) is 0 Å². The van der Waals surface area contributed by atoms with Gasteiger partial charge in [-0.2, -0.15) is 0 Å². The zero-order chi connectivity index (χ0) is 48.9.